The van der Waals surface area contributed by atoms with Crippen molar-refractivity contribution in [3.8, 4) is 0 Å². The quantitative estimate of drug-likeness (QED) is 0.709. The van der Waals surface area contributed by atoms with Crippen LogP contribution in [0.3, 0.4) is 0 Å². The van der Waals surface area contributed by atoms with Crippen molar-refractivity contribution in [3.05, 3.63) is 5.82 Å². The third-order valence-electron chi connectivity index (χ3n) is 2.51. The van der Waals surface area contributed by atoms with Crippen LogP contribution < -0.4 is 11.5 Å². The minimum atomic E-state index is -0.343. The first-order valence-electron chi connectivity index (χ1n) is 5.23. The number of carbonyl (C=O) groups is 1. The van der Waals surface area contributed by atoms with Gasteiger partial charge in [-0.25, -0.2) is 0 Å². The van der Waals surface area contributed by atoms with Crippen LogP contribution in [0.4, 0.5) is 0 Å². The van der Waals surface area contributed by atoms with E-state index in [1.807, 2.05) is 4.57 Å². The molecule has 16 heavy (non-hydrogen) atoms. The number of aromatic nitrogens is 3. The van der Waals surface area contributed by atoms with Crippen LogP contribution in [0.25, 0.3) is 0 Å². The fraction of sp³-hybridized carbons (Fsp3) is 0.667. The lowest BCUT2D eigenvalue weighted by molar-refractivity contribution is -0.117. The molecular formula is C9H15N5OS. The fourth-order valence-corrected chi connectivity index (χ4v) is 2.33. The van der Waals surface area contributed by atoms with E-state index in [9.17, 15) is 4.79 Å². The van der Waals surface area contributed by atoms with Gasteiger partial charge in [-0.05, 0) is 19.8 Å². The van der Waals surface area contributed by atoms with E-state index in [-0.39, 0.29) is 11.2 Å². The summed E-state index contributed by atoms with van der Waals surface area (Å²) in [5.74, 6) is 0.436. The Balaban J connectivity index is 2.20. The molecule has 0 saturated heterocycles. The van der Waals surface area contributed by atoms with E-state index < -0.39 is 0 Å². The van der Waals surface area contributed by atoms with Crippen LogP contribution in [0.5, 0.6) is 0 Å². The van der Waals surface area contributed by atoms with Gasteiger partial charge in [0.25, 0.3) is 0 Å². The van der Waals surface area contributed by atoms with Crippen molar-refractivity contribution in [1.82, 2.24) is 14.8 Å². The molecule has 1 atom stereocenters. The number of thioether (sulfide) groups is 1. The minimum Gasteiger partial charge on any atom is -0.369 e. The van der Waals surface area contributed by atoms with Crippen LogP contribution in [-0.2, 0) is 11.3 Å². The summed E-state index contributed by atoms with van der Waals surface area (Å²) in [4.78, 5) is 11.0. The van der Waals surface area contributed by atoms with E-state index in [0.717, 1.165) is 23.8 Å². The van der Waals surface area contributed by atoms with E-state index in [1.54, 1.807) is 6.92 Å². The van der Waals surface area contributed by atoms with Crippen molar-refractivity contribution in [1.29, 1.82) is 0 Å². The summed E-state index contributed by atoms with van der Waals surface area (Å²) in [6.07, 6.45) is 2.26. The monoisotopic (exact) mass is 241 g/mol. The summed E-state index contributed by atoms with van der Waals surface area (Å²) in [6, 6.07) is 0.455. The molecule has 0 spiro atoms. The van der Waals surface area contributed by atoms with Gasteiger partial charge in [-0.3, -0.25) is 4.79 Å². The second-order valence-corrected chi connectivity index (χ2v) is 5.17. The molecule has 1 aliphatic carbocycles. The van der Waals surface area contributed by atoms with E-state index in [0.29, 0.717) is 12.6 Å². The van der Waals surface area contributed by atoms with Crippen molar-refractivity contribution in [2.24, 2.45) is 11.5 Å². The highest BCUT2D eigenvalue weighted by atomic mass is 32.2. The topological polar surface area (TPSA) is 99.8 Å². The Morgan fingerprint density at radius 2 is 2.31 bits per heavy atom. The molecule has 1 fully saturated rings. The van der Waals surface area contributed by atoms with Crippen LogP contribution in [0.15, 0.2) is 5.16 Å². The third kappa shape index (κ3) is 2.19. The van der Waals surface area contributed by atoms with Crippen molar-refractivity contribution < 1.29 is 4.79 Å². The third-order valence-corrected chi connectivity index (χ3v) is 3.59. The number of hydrogen-bond acceptors (Lipinski definition) is 5. The average molecular weight is 241 g/mol. The van der Waals surface area contributed by atoms with Crippen LogP contribution in [0.2, 0.25) is 0 Å². The molecule has 1 aromatic heterocycles. The van der Waals surface area contributed by atoms with Gasteiger partial charge in [0.05, 0.1) is 11.8 Å². The predicted molar refractivity (Wildman–Crippen MR) is 60.7 cm³/mol. The van der Waals surface area contributed by atoms with Gasteiger partial charge in [-0.1, -0.05) is 11.8 Å². The van der Waals surface area contributed by atoms with Gasteiger partial charge in [0.15, 0.2) is 5.16 Å². The van der Waals surface area contributed by atoms with Crippen LogP contribution >= 0.6 is 11.8 Å². The number of amides is 1. The van der Waals surface area contributed by atoms with Gasteiger partial charge in [0.1, 0.15) is 5.82 Å². The summed E-state index contributed by atoms with van der Waals surface area (Å²) in [6.45, 7) is 2.13. The summed E-state index contributed by atoms with van der Waals surface area (Å²) in [5, 5.41) is 8.53. The molecule has 1 aliphatic rings. The molecule has 6 nitrogen and oxygen atoms in total. The van der Waals surface area contributed by atoms with Crippen LogP contribution in [0, 0.1) is 0 Å². The molecule has 1 amide bonds. The first-order chi connectivity index (χ1) is 7.63. The average Bonchev–Trinajstić information content (AvgIpc) is 3.00. The largest absolute Gasteiger partial charge is 0.369 e. The number of rotatable bonds is 5. The van der Waals surface area contributed by atoms with Crippen molar-refractivity contribution >= 4 is 17.7 Å². The Bertz CT molecular complexity index is 401. The lowest BCUT2D eigenvalue weighted by Gasteiger charge is -2.09. The highest BCUT2D eigenvalue weighted by molar-refractivity contribution is 8.00. The smallest absolute Gasteiger partial charge is 0.230 e. The minimum absolute atomic E-state index is 0.299. The van der Waals surface area contributed by atoms with Gasteiger partial charge in [0.2, 0.25) is 5.91 Å². The number of hydrogen-bond donors (Lipinski definition) is 2. The van der Waals surface area contributed by atoms with Gasteiger partial charge in [-0.2, -0.15) is 0 Å². The highest BCUT2D eigenvalue weighted by Crippen LogP contribution is 2.39. The summed E-state index contributed by atoms with van der Waals surface area (Å²) in [5.41, 5.74) is 10.8. The molecule has 0 radical (unpaired) electrons. The predicted octanol–water partition coefficient (Wildman–Crippen LogP) is 0.0376. The van der Waals surface area contributed by atoms with Crippen molar-refractivity contribution in [2.75, 3.05) is 0 Å². The Kier molecular flexibility index (Phi) is 3.15. The van der Waals surface area contributed by atoms with E-state index in [4.69, 9.17) is 11.5 Å². The number of nitrogens with two attached hydrogens (primary N) is 2. The van der Waals surface area contributed by atoms with E-state index >= 15 is 0 Å². The lowest BCUT2D eigenvalue weighted by atomic mass is 10.5. The molecule has 0 aliphatic heterocycles. The summed E-state index contributed by atoms with van der Waals surface area (Å²) in [7, 11) is 0. The summed E-state index contributed by atoms with van der Waals surface area (Å²) >= 11 is 1.34. The first kappa shape index (κ1) is 11.4. The maximum Gasteiger partial charge on any atom is 0.230 e. The normalized spacial score (nSPS) is 17.4. The molecule has 0 aromatic carbocycles. The zero-order chi connectivity index (χ0) is 11.7. The Morgan fingerprint density at radius 3 is 2.81 bits per heavy atom. The lowest BCUT2D eigenvalue weighted by Crippen LogP contribution is -2.23. The second-order valence-electron chi connectivity index (χ2n) is 3.87. The SMILES string of the molecule is CC(Sc1nnc(CN)n1C1CC1)C(N)=O. The molecule has 4 N–H and O–H groups in total. The molecule has 1 unspecified atom stereocenters. The zero-order valence-electron chi connectivity index (χ0n) is 9.09. The molecule has 1 heterocycles. The van der Waals surface area contributed by atoms with Crippen molar-refractivity contribution in [3.63, 3.8) is 0 Å². The fourth-order valence-electron chi connectivity index (χ4n) is 1.44. The van der Waals surface area contributed by atoms with Crippen molar-refractivity contribution in [2.45, 2.75) is 42.8 Å². The molecule has 1 saturated carbocycles. The molecule has 88 valence electrons. The molecule has 7 heteroatoms. The number of carbonyl (C=O) groups excluding carboxylic acids is 1. The standard InChI is InChI=1S/C9H15N5OS/c1-5(8(11)15)16-9-13-12-7(4-10)14(9)6-2-3-6/h5-6H,2-4,10H2,1H3,(H2,11,15). The molecular weight excluding hydrogens is 226 g/mol. The Hall–Kier alpha value is -1.08. The Morgan fingerprint density at radius 1 is 1.62 bits per heavy atom. The maximum atomic E-state index is 11.0. The summed E-state index contributed by atoms with van der Waals surface area (Å²) < 4.78 is 2.03. The molecule has 1 aromatic rings. The van der Waals surface area contributed by atoms with Gasteiger partial charge in [0, 0.05) is 6.04 Å². The Labute approximate surface area is 97.8 Å². The van der Waals surface area contributed by atoms with Crippen LogP contribution in [-0.4, -0.2) is 25.9 Å². The molecule has 0 bridgehead atoms. The highest BCUT2D eigenvalue weighted by Gasteiger charge is 2.30. The second kappa shape index (κ2) is 4.42. The number of nitrogens with zero attached hydrogens (tertiary/aromatic N) is 3. The zero-order valence-corrected chi connectivity index (χ0v) is 9.91. The van der Waals surface area contributed by atoms with Gasteiger partial charge in [-0.15, -0.1) is 10.2 Å². The van der Waals surface area contributed by atoms with Gasteiger partial charge < -0.3 is 16.0 Å². The van der Waals surface area contributed by atoms with Crippen LogP contribution in [0.1, 0.15) is 31.6 Å². The van der Waals surface area contributed by atoms with E-state index in [1.165, 1.54) is 11.8 Å². The molecule has 2 rings (SSSR count). The number of primary amides is 1. The first-order valence-corrected chi connectivity index (χ1v) is 6.11. The van der Waals surface area contributed by atoms with E-state index in [2.05, 4.69) is 10.2 Å². The maximum absolute atomic E-state index is 11.0. The van der Waals surface area contributed by atoms with Gasteiger partial charge >= 0.3 is 0 Å².